The molecule has 0 fully saturated rings. The van der Waals surface area contributed by atoms with Gasteiger partial charge in [0.1, 0.15) is 0 Å². The van der Waals surface area contributed by atoms with Crippen LogP contribution in [-0.2, 0) is 4.74 Å². The lowest BCUT2D eigenvalue weighted by atomic mass is 10.5. The summed E-state index contributed by atoms with van der Waals surface area (Å²) in [6.07, 6.45) is -0.700. The summed E-state index contributed by atoms with van der Waals surface area (Å²) in [5.74, 6) is 0. The quantitative estimate of drug-likeness (QED) is 0.497. The van der Waals surface area contributed by atoms with Gasteiger partial charge in [-0.3, -0.25) is 0 Å². The summed E-state index contributed by atoms with van der Waals surface area (Å²) in [7, 11) is 0. The third kappa shape index (κ3) is 3.96. The maximum absolute atomic E-state index is 7.11. The molecule has 0 atom stereocenters. The molecular formula is C5H12O. The van der Waals surface area contributed by atoms with E-state index in [-0.39, 0.29) is 0 Å². The van der Waals surface area contributed by atoms with Gasteiger partial charge in [0, 0.05) is 6.61 Å². The zero-order chi connectivity index (χ0) is 5.91. The molecule has 6 heavy (non-hydrogen) atoms. The Morgan fingerprint density at radius 1 is 1.83 bits per heavy atom. The maximum atomic E-state index is 7.11. The van der Waals surface area contributed by atoms with Crippen molar-refractivity contribution >= 4 is 0 Å². The molecule has 0 radical (unpaired) electrons. The van der Waals surface area contributed by atoms with E-state index in [1.54, 1.807) is 13.8 Å². The van der Waals surface area contributed by atoms with E-state index in [0.29, 0.717) is 6.61 Å². The molecule has 0 aromatic heterocycles. The van der Waals surface area contributed by atoms with E-state index in [1.165, 1.54) is 0 Å². The van der Waals surface area contributed by atoms with Crippen LogP contribution in [0.2, 0.25) is 0 Å². The second kappa shape index (κ2) is 3.16. The molecule has 0 rings (SSSR count). The van der Waals surface area contributed by atoms with E-state index in [2.05, 4.69) is 0 Å². The molecule has 0 aromatic rings. The van der Waals surface area contributed by atoms with E-state index in [4.69, 9.17) is 6.11 Å². The van der Waals surface area contributed by atoms with E-state index in [1.807, 2.05) is 6.92 Å². The molecule has 0 N–H and O–H groups in total. The summed E-state index contributed by atoms with van der Waals surface area (Å²) < 4.78 is 12.0. The Morgan fingerprint density at radius 3 is 2.33 bits per heavy atom. The van der Waals surface area contributed by atoms with Crippen molar-refractivity contribution < 1.29 is 6.11 Å². The predicted molar refractivity (Wildman–Crippen MR) is 26.8 cm³/mol. The van der Waals surface area contributed by atoms with Gasteiger partial charge in [-0.1, -0.05) is 0 Å². The molecule has 0 heterocycles. The van der Waals surface area contributed by atoms with Gasteiger partial charge in [0.2, 0.25) is 0 Å². The minimum absolute atomic E-state index is 0.622. The van der Waals surface area contributed by atoms with Crippen molar-refractivity contribution in [2.45, 2.75) is 26.9 Å². The van der Waals surface area contributed by atoms with E-state index >= 15 is 0 Å². The van der Waals surface area contributed by atoms with Crippen LogP contribution in [0.5, 0.6) is 0 Å². The number of rotatable bonds is 2. The topological polar surface area (TPSA) is 9.23 Å². The van der Waals surface area contributed by atoms with Crippen LogP contribution in [0.15, 0.2) is 0 Å². The highest BCUT2D eigenvalue weighted by atomic mass is 16.5. The first kappa shape index (κ1) is 4.13. The minimum Gasteiger partial charge on any atom is -0.379 e. The third-order valence-corrected chi connectivity index (χ3v) is 0.433. The average Bonchev–Trinajstić information content (AvgIpc) is 1.30. The highest BCUT2D eigenvalue weighted by molar-refractivity contribution is 4.30. The molecule has 0 amide bonds. The SMILES string of the molecule is [2H]C(C)(C)OCC. The molecule has 0 saturated carbocycles. The Bertz CT molecular complexity index is 46.5. The number of hydrogen-bond acceptors (Lipinski definition) is 1. The van der Waals surface area contributed by atoms with Gasteiger partial charge in [-0.25, -0.2) is 0 Å². The standard InChI is InChI=1S/C5H12O/c1-4-6-5(2)3/h5H,4H2,1-3H3/i5D. The number of ether oxygens (including phenoxy) is 1. The summed E-state index contributed by atoms with van der Waals surface area (Å²) in [6.45, 7) is 5.94. The lowest BCUT2D eigenvalue weighted by Gasteiger charge is -2.00. The van der Waals surface area contributed by atoms with Gasteiger partial charge in [-0.05, 0) is 20.8 Å². The second-order valence-corrected chi connectivity index (χ2v) is 1.34. The zero-order valence-electron chi connectivity index (χ0n) is 5.62. The lowest BCUT2D eigenvalue weighted by Crippen LogP contribution is -1.99. The van der Waals surface area contributed by atoms with Gasteiger partial charge in [0.15, 0.2) is 0 Å². The van der Waals surface area contributed by atoms with E-state index < -0.39 is 6.08 Å². The van der Waals surface area contributed by atoms with Crippen molar-refractivity contribution in [2.75, 3.05) is 6.61 Å². The van der Waals surface area contributed by atoms with Gasteiger partial charge in [-0.15, -0.1) is 0 Å². The molecule has 0 aliphatic heterocycles. The zero-order valence-corrected chi connectivity index (χ0v) is 4.62. The van der Waals surface area contributed by atoms with Crippen molar-refractivity contribution in [3.8, 4) is 0 Å². The highest BCUT2D eigenvalue weighted by Crippen LogP contribution is 1.83. The smallest absolute Gasteiger partial charge is 0.0597 e. The molecule has 0 unspecified atom stereocenters. The van der Waals surface area contributed by atoms with Crippen LogP contribution in [-0.4, -0.2) is 12.7 Å². The minimum atomic E-state index is -0.700. The Labute approximate surface area is 40.7 Å². The van der Waals surface area contributed by atoms with Gasteiger partial charge < -0.3 is 4.74 Å². The summed E-state index contributed by atoms with van der Waals surface area (Å²) in [5, 5.41) is 0. The van der Waals surface area contributed by atoms with Gasteiger partial charge >= 0.3 is 0 Å². The first-order valence-corrected chi connectivity index (χ1v) is 2.20. The lowest BCUT2D eigenvalue weighted by molar-refractivity contribution is 0.0899. The molecule has 0 spiro atoms. The Morgan fingerprint density at radius 2 is 2.33 bits per heavy atom. The average molecular weight is 89.2 g/mol. The molecule has 0 aliphatic carbocycles. The van der Waals surface area contributed by atoms with Gasteiger partial charge in [0.25, 0.3) is 0 Å². The van der Waals surface area contributed by atoms with Crippen molar-refractivity contribution in [3.05, 3.63) is 0 Å². The van der Waals surface area contributed by atoms with Crippen LogP contribution in [0.4, 0.5) is 0 Å². The van der Waals surface area contributed by atoms with Crippen molar-refractivity contribution in [2.24, 2.45) is 0 Å². The monoisotopic (exact) mass is 89.1 g/mol. The maximum Gasteiger partial charge on any atom is 0.0597 e. The molecule has 0 aliphatic rings. The second-order valence-electron chi connectivity index (χ2n) is 1.34. The van der Waals surface area contributed by atoms with Crippen molar-refractivity contribution in [1.29, 1.82) is 0 Å². The molecular weight excluding hydrogens is 76.1 g/mol. The molecule has 1 heteroatoms. The summed E-state index contributed by atoms with van der Waals surface area (Å²) >= 11 is 0. The van der Waals surface area contributed by atoms with Crippen molar-refractivity contribution in [1.82, 2.24) is 0 Å². The van der Waals surface area contributed by atoms with Gasteiger partial charge in [0.05, 0.1) is 7.45 Å². The largest absolute Gasteiger partial charge is 0.379 e. The first-order valence-electron chi connectivity index (χ1n) is 2.70. The molecule has 0 aromatic carbocycles. The molecule has 1 nitrogen and oxygen atoms in total. The fourth-order valence-electron chi connectivity index (χ4n) is 0.289. The van der Waals surface area contributed by atoms with Crippen LogP contribution >= 0.6 is 0 Å². The summed E-state index contributed by atoms with van der Waals surface area (Å²) in [5.41, 5.74) is 0. The highest BCUT2D eigenvalue weighted by Gasteiger charge is 1.83. The molecule has 0 bridgehead atoms. The predicted octanol–water partition coefficient (Wildman–Crippen LogP) is 1.43. The summed E-state index contributed by atoms with van der Waals surface area (Å²) in [4.78, 5) is 0. The normalized spacial score (nSPS) is 14.2. The number of hydrogen-bond donors (Lipinski definition) is 0. The Hall–Kier alpha value is -0.0400. The first-order chi connectivity index (χ1) is 3.06. The van der Waals surface area contributed by atoms with Crippen LogP contribution in [0.3, 0.4) is 0 Å². The fourth-order valence-corrected chi connectivity index (χ4v) is 0.289. The van der Waals surface area contributed by atoms with Crippen molar-refractivity contribution in [3.63, 3.8) is 0 Å². The fraction of sp³-hybridized carbons (Fsp3) is 1.00. The van der Waals surface area contributed by atoms with Crippen LogP contribution in [0.1, 0.15) is 22.1 Å². The van der Waals surface area contributed by atoms with Crippen LogP contribution in [0, 0.1) is 0 Å². The van der Waals surface area contributed by atoms with E-state index in [9.17, 15) is 0 Å². The van der Waals surface area contributed by atoms with Crippen LogP contribution in [0.25, 0.3) is 0 Å². The van der Waals surface area contributed by atoms with E-state index in [0.717, 1.165) is 0 Å². The molecule has 0 saturated heterocycles. The van der Waals surface area contributed by atoms with Crippen LogP contribution < -0.4 is 0 Å². The third-order valence-electron chi connectivity index (χ3n) is 0.433. The Kier molecular flexibility index (Phi) is 2.18. The Balaban J connectivity index is 3.15. The molecule has 38 valence electrons. The summed E-state index contributed by atoms with van der Waals surface area (Å²) in [6, 6.07) is 0. The van der Waals surface area contributed by atoms with Gasteiger partial charge in [-0.2, -0.15) is 0 Å².